The van der Waals surface area contributed by atoms with Gasteiger partial charge in [-0.3, -0.25) is 0 Å². The van der Waals surface area contributed by atoms with Crippen LogP contribution in [0.3, 0.4) is 0 Å². The van der Waals surface area contributed by atoms with Gasteiger partial charge in [-0.05, 0) is 27.7 Å². The highest BCUT2D eigenvalue weighted by atomic mass is 35.5. The van der Waals surface area contributed by atoms with Crippen LogP contribution in [0.25, 0.3) is 5.65 Å². The maximum Gasteiger partial charge on any atom is 0.229 e. The van der Waals surface area contributed by atoms with Crippen molar-refractivity contribution in [3.05, 3.63) is 11.8 Å². The topological polar surface area (TPSA) is 81.1 Å². The van der Waals surface area contributed by atoms with Gasteiger partial charge >= 0.3 is 0 Å². The van der Waals surface area contributed by atoms with Gasteiger partial charge in [0, 0.05) is 11.6 Å². The van der Waals surface area contributed by atoms with Crippen LogP contribution >= 0.6 is 12.4 Å². The Bertz CT molecular complexity index is 527. The number of hydrogen-bond donors (Lipinski definition) is 2. The molecule has 0 aromatic carbocycles. The molecule has 0 bridgehead atoms. The molecule has 94 valence electrons. The number of nitrogens with two attached hydrogens (primary N) is 1. The Morgan fingerprint density at radius 3 is 2.53 bits per heavy atom. The predicted molar refractivity (Wildman–Crippen MR) is 70.6 cm³/mol. The van der Waals surface area contributed by atoms with Crippen LogP contribution in [0.2, 0.25) is 0 Å². The molecule has 0 saturated carbocycles. The molecule has 6 nitrogen and oxygen atoms in total. The van der Waals surface area contributed by atoms with Gasteiger partial charge < -0.3 is 11.1 Å². The van der Waals surface area contributed by atoms with Gasteiger partial charge in [-0.15, -0.1) is 12.4 Å². The van der Waals surface area contributed by atoms with Crippen molar-refractivity contribution in [1.29, 1.82) is 0 Å². The van der Waals surface area contributed by atoms with Gasteiger partial charge in [-0.2, -0.15) is 19.6 Å². The van der Waals surface area contributed by atoms with Crippen molar-refractivity contribution in [2.45, 2.75) is 33.2 Å². The van der Waals surface area contributed by atoms with Crippen molar-refractivity contribution < 1.29 is 0 Å². The molecule has 2 aromatic heterocycles. The molecule has 0 fully saturated rings. The third-order valence-electron chi connectivity index (χ3n) is 1.95. The zero-order valence-electron chi connectivity index (χ0n) is 10.4. The molecule has 0 aliphatic carbocycles. The van der Waals surface area contributed by atoms with Crippen LogP contribution in [-0.2, 0) is 0 Å². The largest absolute Gasteiger partial charge is 0.368 e. The Balaban J connectivity index is 0.00000144. The summed E-state index contributed by atoms with van der Waals surface area (Å²) in [5.41, 5.74) is 7.14. The van der Waals surface area contributed by atoms with Gasteiger partial charge in [0.05, 0.1) is 5.69 Å². The number of hydrogen-bond acceptors (Lipinski definition) is 5. The molecule has 0 radical (unpaired) electrons. The van der Waals surface area contributed by atoms with E-state index in [1.807, 2.05) is 33.8 Å². The summed E-state index contributed by atoms with van der Waals surface area (Å²) in [7, 11) is 0. The quantitative estimate of drug-likeness (QED) is 0.811. The average molecular weight is 257 g/mol. The van der Waals surface area contributed by atoms with Crippen molar-refractivity contribution in [3.8, 4) is 0 Å². The summed E-state index contributed by atoms with van der Waals surface area (Å²) >= 11 is 0. The Morgan fingerprint density at radius 2 is 1.94 bits per heavy atom. The number of anilines is 2. The molecule has 0 aliphatic rings. The fourth-order valence-electron chi connectivity index (χ4n) is 1.44. The minimum absolute atomic E-state index is 0. The van der Waals surface area contributed by atoms with Crippen LogP contribution in [0, 0.1) is 6.92 Å². The van der Waals surface area contributed by atoms with Crippen LogP contribution < -0.4 is 11.1 Å². The van der Waals surface area contributed by atoms with E-state index in [9.17, 15) is 0 Å². The predicted octanol–water partition coefficient (Wildman–Crippen LogP) is 1.65. The van der Waals surface area contributed by atoms with Crippen LogP contribution in [-0.4, -0.2) is 25.1 Å². The minimum atomic E-state index is -0.104. The molecule has 0 spiro atoms. The summed E-state index contributed by atoms with van der Waals surface area (Å²) in [6.07, 6.45) is 0. The Labute approximate surface area is 106 Å². The highest BCUT2D eigenvalue weighted by Gasteiger charge is 2.15. The number of nitrogens with one attached hydrogen (secondary N) is 1. The monoisotopic (exact) mass is 256 g/mol. The molecular weight excluding hydrogens is 240 g/mol. The molecule has 2 heterocycles. The molecule has 3 N–H and O–H groups in total. The van der Waals surface area contributed by atoms with Crippen molar-refractivity contribution >= 4 is 30.0 Å². The van der Waals surface area contributed by atoms with Gasteiger partial charge in [0.1, 0.15) is 0 Å². The van der Waals surface area contributed by atoms with E-state index in [4.69, 9.17) is 5.73 Å². The molecule has 0 unspecified atom stereocenters. The lowest BCUT2D eigenvalue weighted by molar-refractivity contribution is 0.619. The molecule has 0 atom stereocenters. The number of rotatable bonds is 1. The van der Waals surface area contributed by atoms with Gasteiger partial charge in [0.25, 0.3) is 0 Å². The van der Waals surface area contributed by atoms with E-state index in [1.165, 1.54) is 0 Å². The maximum atomic E-state index is 5.65. The van der Waals surface area contributed by atoms with E-state index in [1.54, 1.807) is 4.52 Å². The second kappa shape index (κ2) is 4.37. The van der Waals surface area contributed by atoms with Crippen LogP contribution in [0.5, 0.6) is 0 Å². The first kappa shape index (κ1) is 13.5. The Hall–Kier alpha value is -1.56. The lowest BCUT2D eigenvalue weighted by Crippen LogP contribution is -2.28. The van der Waals surface area contributed by atoms with Gasteiger partial charge in [-0.1, -0.05) is 0 Å². The van der Waals surface area contributed by atoms with Crippen molar-refractivity contribution in [3.63, 3.8) is 0 Å². The zero-order valence-corrected chi connectivity index (χ0v) is 11.2. The summed E-state index contributed by atoms with van der Waals surface area (Å²) < 4.78 is 1.66. The van der Waals surface area contributed by atoms with Crippen LogP contribution in [0.1, 0.15) is 26.5 Å². The van der Waals surface area contributed by atoms with Crippen LogP contribution in [0.4, 0.5) is 11.9 Å². The number of halogens is 1. The molecule has 0 saturated heterocycles. The van der Waals surface area contributed by atoms with Crippen molar-refractivity contribution in [2.24, 2.45) is 0 Å². The summed E-state index contributed by atoms with van der Waals surface area (Å²) in [5.74, 6) is 0.863. The lowest BCUT2D eigenvalue weighted by atomic mass is 10.1. The first-order valence-electron chi connectivity index (χ1n) is 5.13. The van der Waals surface area contributed by atoms with Gasteiger partial charge in [-0.25, -0.2) is 0 Å². The third kappa shape index (κ3) is 2.97. The number of fused-ring (bicyclic) bond motifs is 1. The summed E-state index contributed by atoms with van der Waals surface area (Å²) in [5, 5.41) is 7.56. The summed E-state index contributed by atoms with van der Waals surface area (Å²) in [6, 6.07) is 1.87. The Morgan fingerprint density at radius 1 is 1.29 bits per heavy atom. The summed E-state index contributed by atoms with van der Waals surface area (Å²) in [6.45, 7) is 8.06. The molecule has 7 heteroatoms. The van der Waals surface area contributed by atoms with Crippen LogP contribution in [0.15, 0.2) is 6.07 Å². The zero-order chi connectivity index (χ0) is 11.9. The number of nitrogens with zero attached hydrogens (tertiary/aromatic N) is 4. The summed E-state index contributed by atoms with van der Waals surface area (Å²) in [4.78, 5) is 8.27. The minimum Gasteiger partial charge on any atom is -0.368 e. The highest BCUT2D eigenvalue weighted by molar-refractivity contribution is 5.85. The lowest BCUT2D eigenvalue weighted by Gasteiger charge is -2.21. The third-order valence-corrected chi connectivity index (χ3v) is 1.95. The second-order valence-corrected chi connectivity index (χ2v) is 4.84. The normalized spacial score (nSPS) is 11.3. The molecule has 17 heavy (non-hydrogen) atoms. The fourth-order valence-corrected chi connectivity index (χ4v) is 1.44. The van der Waals surface area contributed by atoms with E-state index in [2.05, 4.69) is 20.4 Å². The second-order valence-electron chi connectivity index (χ2n) is 4.84. The molecule has 2 aromatic rings. The maximum absolute atomic E-state index is 5.65. The van der Waals surface area contributed by atoms with E-state index in [0.29, 0.717) is 11.6 Å². The van der Waals surface area contributed by atoms with Crippen molar-refractivity contribution in [1.82, 2.24) is 19.6 Å². The molecular formula is C10H17ClN6. The van der Waals surface area contributed by atoms with E-state index >= 15 is 0 Å². The number of aryl methyl sites for hydroxylation is 1. The van der Waals surface area contributed by atoms with Gasteiger partial charge in [0.2, 0.25) is 11.9 Å². The SMILES string of the molecule is Cc1cc2nc(N)nc(NC(C)(C)C)n2n1.Cl. The standard InChI is InChI=1S/C10H16N6.ClH/c1-6-5-7-12-8(11)13-9(16(7)15-6)14-10(2,3)4;/h5H,1-4H3,(H3,11,12,13,14);1H. The Kier molecular flexibility index (Phi) is 3.47. The first-order chi connectivity index (χ1) is 7.35. The van der Waals surface area contributed by atoms with Crippen molar-refractivity contribution in [2.75, 3.05) is 11.1 Å². The average Bonchev–Trinajstić information content (AvgIpc) is 2.42. The fraction of sp³-hybridized carbons (Fsp3) is 0.500. The molecule has 2 rings (SSSR count). The molecule has 0 amide bonds. The van der Waals surface area contributed by atoms with E-state index in [0.717, 1.165) is 5.69 Å². The smallest absolute Gasteiger partial charge is 0.229 e. The first-order valence-corrected chi connectivity index (χ1v) is 5.13. The van der Waals surface area contributed by atoms with E-state index in [-0.39, 0.29) is 23.9 Å². The van der Waals surface area contributed by atoms with E-state index < -0.39 is 0 Å². The molecule has 0 aliphatic heterocycles. The highest BCUT2D eigenvalue weighted by Crippen LogP contribution is 2.15. The number of aromatic nitrogens is 4. The number of nitrogen functional groups attached to an aromatic ring is 1. The van der Waals surface area contributed by atoms with Gasteiger partial charge in [0.15, 0.2) is 5.65 Å².